The van der Waals surface area contributed by atoms with Crippen molar-refractivity contribution >= 4 is 12.0 Å². The lowest BCUT2D eigenvalue weighted by Crippen LogP contribution is -2.52. The van der Waals surface area contributed by atoms with Crippen molar-refractivity contribution in [1.29, 1.82) is 0 Å². The minimum atomic E-state index is -1.06. The third-order valence-electron chi connectivity index (χ3n) is 4.02. The van der Waals surface area contributed by atoms with E-state index in [9.17, 15) is 14.7 Å². The Kier molecular flexibility index (Phi) is 5.41. The third kappa shape index (κ3) is 3.85. The van der Waals surface area contributed by atoms with Gasteiger partial charge in [0.05, 0.1) is 12.2 Å². The van der Waals surface area contributed by atoms with E-state index < -0.39 is 18.1 Å². The maximum atomic E-state index is 12.5. The zero-order valence-electron chi connectivity index (χ0n) is 12.4. The Bertz CT molecular complexity index is 390. The number of aliphatic hydroxyl groups excluding tert-OH is 1. The van der Waals surface area contributed by atoms with Gasteiger partial charge in [0.2, 0.25) is 0 Å². The molecule has 1 unspecified atom stereocenters. The van der Waals surface area contributed by atoms with Gasteiger partial charge in [-0.3, -0.25) is 0 Å². The first-order valence-corrected chi connectivity index (χ1v) is 7.61. The van der Waals surface area contributed by atoms with Crippen molar-refractivity contribution in [2.45, 2.75) is 50.9 Å². The number of piperidine rings is 1. The summed E-state index contributed by atoms with van der Waals surface area (Å²) in [5.74, 6) is -1.06. The molecule has 0 saturated carbocycles. The van der Waals surface area contributed by atoms with Crippen LogP contribution in [-0.4, -0.2) is 76.5 Å². The second kappa shape index (κ2) is 7.09. The van der Waals surface area contributed by atoms with E-state index in [1.165, 1.54) is 4.90 Å². The second-order valence-electron chi connectivity index (χ2n) is 5.76. The molecule has 7 nitrogen and oxygen atoms in total. The number of carbonyl (C=O) groups is 2. The molecule has 0 aromatic rings. The summed E-state index contributed by atoms with van der Waals surface area (Å²) in [5.41, 5.74) is 0. The molecule has 0 bridgehead atoms. The molecular weight excluding hydrogens is 276 g/mol. The minimum Gasteiger partial charge on any atom is -0.480 e. The maximum absolute atomic E-state index is 12.5. The summed E-state index contributed by atoms with van der Waals surface area (Å²) in [5, 5.41) is 18.8. The molecule has 2 N–H and O–H groups in total. The highest BCUT2D eigenvalue weighted by Gasteiger charge is 2.41. The number of carboxylic acid groups (broad SMARTS) is 1. The Morgan fingerprint density at radius 1 is 1.33 bits per heavy atom. The van der Waals surface area contributed by atoms with Crippen LogP contribution in [0, 0.1) is 0 Å². The van der Waals surface area contributed by atoms with E-state index in [1.54, 1.807) is 4.90 Å². The van der Waals surface area contributed by atoms with Crippen molar-refractivity contribution in [2.24, 2.45) is 0 Å². The summed E-state index contributed by atoms with van der Waals surface area (Å²) in [4.78, 5) is 26.6. The molecule has 0 radical (unpaired) electrons. The molecular formula is C14H24N2O5. The Morgan fingerprint density at radius 3 is 2.76 bits per heavy atom. The van der Waals surface area contributed by atoms with Gasteiger partial charge in [-0.2, -0.15) is 0 Å². The van der Waals surface area contributed by atoms with Crippen LogP contribution in [0.3, 0.4) is 0 Å². The van der Waals surface area contributed by atoms with Crippen molar-refractivity contribution in [3.8, 4) is 0 Å². The van der Waals surface area contributed by atoms with Crippen molar-refractivity contribution < 1.29 is 24.5 Å². The van der Waals surface area contributed by atoms with Gasteiger partial charge in [0.15, 0.2) is 0 Å². The quantitative estimate of drug-likeness (QED) is 0.790. The number of β-amino-alcohol motifs (C(OH)–C–C–N with tert-alkyl or cyclic N) is 1. The lowest BCUT2D eigenvalue weighted by atomic mass is 10.1. The molecule has 21 heavy (non-hydrogen) atoms. The van der Waals surface area contributed by atoms with Gasteiger partial charge in [-0.25, -0.2) is 9.59 Å². The van der Waals surface area contributed by atoms with Crippen molar-refractivity contribution in [1.82, 2.24) is 9.80 Å². The largest absolute Gasteiger partial charge is 0.480 e. The fourth-order valence-corrected chi connectivity index (χ4v) is 2.97. The van der Waals surface area contributed by atoms with Crippen LogP contribution in [0.5, 0.6) is 0 Å². The molecule has 7 heteroatoms. The lowest BCUT2D eigenvalue weighted by molar-refractivity contribution is -0.141. The molecule has 2 heterocycles. The van der Waals surface area contributed by atoms with Crippen LogP contribution in [0.1, 0.15) is 32.6 Å². The van der Waals surface area contributed by atoms with E-state index in [1.807, 2.05) is 6.92 Å². The first-order valence-electron chi connectivity index (χ1n) is 7.61. The molecule has 0 aromatic heterocycles. The van der Waals surface area contributed by atoms with Gasteiger partial charge < -0.3 is 24.7 Å². The van der Waals surface area contributed by atoms with Gasteiger partial charge in [0.1, 0.15) is 6.04 Å². The molecule has 0 aliphatic carbocycles. The minimum absolute atomic E-state index is 0.0263. The number of ether oxygens (including phenoxy) is 1. The number of likely N-dealkylation sites (tertiary alicyclic amines) is 2. The number of aliphatic hydroxyl groups is 1. The van der Waals surface area contributed by atoms with E-state index >= 15 is 0 Å². The average molecular weight is 300 g/mol. The summed E-state index contributed by atoms with van der Waals surface area (Å²) < 4.78 is 5.69. The Hall–Kier alpha value is -1.34. The fraction of sp³-hybridized carbons (Fsp3) is 0.857. The summed E-state index contributed by atoms with van der Waals surface area (Å²) in [6.45, 7) is 3.91. The van der Waals surface area contributed by atoms with Crippen LogP contribution in [0.15, 0.2) is 0 Å². The van der Waals surface area contributed by atoms with Gasteiger partial charge in [0.25, 0.3) is 0 Å². The average Bonchev–Trinajstić information content (AvgIpc) is 2.87. The van der Waals surface area contributed by atoms with Crippen LogP contribution in [-0.2, 0) is 9.53 Å². The molecule has 3 atom stereocenters. The predicted molar refractivity (Wildman–Crippen MR) is 75.0 cm³/mol. The van der Waals surface area contributed by atoms with Gasteiger partial charge in [-0.1, -0.05) is 6.92 Å². The third-order valence-corrected chi connectivity index (χ3v) is 4.02. The Balaban J connectivity index is 1.96. The monoisotopic (exact) mass is 300 g/mol. The molecule has 2 fully saturated rings. The summed E-state index contributed by atoms with van der Waals surface area (Å²) in [6, 6.07) is -1.23. The molecule has 120 valence electrons. The number of amides is 2. The molecule has 2 aliphatic heterocycles. The van der Waals surface area contributed by atoms with E-state index in [-0.39, 0.29) is 25.1 Å². The van der Waals surface area contributed by atoms with E-state index in [0.29, 0.717) is 19.7 Å². The Morgan fingerprint density at radius 2 is 2.10 bits per heavy atom. The van der Waals surface area contributed by atoms with Crippen LogP contribution in [0.2, 0.25) is 0 Å². The molecule has 0 aromatic carbocycles. The zero-order chi connectivity index (χ0) is 15.4. The number of carbonyl (C=O) groups excluding carboxylic acids is 1. The lowest BCUT2D eigenvalue weighted by Gasteiger charge is -2.36. The smallest absolute Gasteiger partial charge is 0.326 e. The van der Waals surface area contributed by atoms with Crippen molar-refractivity contribution in [2.75, 3.05) is 26.2 Å². The SMILES string of the molecule is CCCOC1CCCN(C(=O)N2C[C@H](O)C[C@H]2C(=O)O)C1. The fourth-order valence-electron chi connectivity index (χ4n) is 2.97. The number of rotatable bonds is 4. The topological polar surface area (TPSA) is 90.3 Å². The standard InChI is InChI=1S/C14H24N2O5/c1-2-6-21-11-4-3-5-15(9-11)14(20)16-8-10(17)7-12(16)13(18)19/h10-12,17H,2-9H2,1H3,(H,18,19)/t10-,11?,12+/m1/s1. The van der Waals surface area contributed by atoms with E-state index in [4.69, 9.17) is 9.84 Å². The highest BCUT2D eigenvalue weighted by molar-refractivity contribution is 5.83. The van der Waals surface area contributed by atoms with Gasteiger partial charge in [-0.15, -0.1) is 0 Å². The highest BCUT2D eigenvalue weighted by Crippen LogP contribution is 2.22. The highest BCUT2D eigenvalue weighted by atomic mass is 16.5. The first-order chi connectivity index (χ1) is 10.0. The van der Waals surface area contributed by atoms with Crippen LogP contribution in [0.4, 0.5) is 4.79 Å². The van der Waals surface area contributed by atoms with E-state index in [2.05, 4.69) is 0 Å². The first kappa shape index (κ1) is 16.0. The van der Waals surface area contributed by atoms with Crippen LogP contribution >= 0.6 is 0 Å². The molecule has 0 spiro atoms. The van der Waals surface area contributed by atoms with Crippen LogP contribution in [0.25, 0.3) is 0 Å². The summed E-state index contributed by atoms with van der Waals surface area (Å²) in [7, 11) is 0. The number of nitrogens with zero attached hydrogens (tertiary/aromatic N) is 2. The number of hydrogen-bond donors (Lipinski definition) is 2. The maximum Gasteiger partial charge on any atom is 0.326 e. The van der Waals surface area contributed by atoms with Crippen LogP contribution < -0.4 is 0 Å². The molecule has 2 rings (SSSR count). The van der Waals surface area contributed by atoms with Gasteiger partial charge in [0, 0.05) is 32.7 Å². The van der Waals surface area contributed by atoms with E-state index in [0.717, 1.165) is 19.3 Å². The summed E-state index contributed by atoms with van der Waals surface area (Å²) >= 11 is 0. The number of hydrogen-bond acceptors (Lipinski definition) is 4. The van der Waals surface area contributed by atoms with Crippen molar-refractivity contribution in [3.63, 3.8) is 0 Å². The Labute approximate surface area is 124 Å². The van der Waals surface area contributed by atoms with Gasteiger partial charge >= 0.3 is 12.0 Å². The number of aliphatic carboxylic acids is 1. The molecule has 2 amide bonds. The second-order valence-corrected chi connectivity index (χ2v) is 5.76. The normalized spacial score (nSPS) is 29.7. The van der Waals surface area contributed by atoms with Gasteiger partial charge in [-0.05, 0) is 19.3 Å². The summed E-state index contributed by atoms with van der Waals surface area (Å²) in [6.07, 6.45) is 2.09. The number of urea groups is 1. The molecule has 2 aliphatic rings. The predicted octanol–water partition coefficient (Wildman–Crippen LogP) is 0.517. The number of carboxylic acids is 1. The zero-order valence-corrected chi connectivity index (χ0v) is 12.4. The van der Waals surface area contributed by atoms with Crippen molar-refractivity contribution in [3.05, 3.63) is 0 Å². The molecule has 2 saturated heterocycles.